The van der Waals surface area contributed by atoms with E-state index in [9.17, 15) is 9.59 Å². The van der Waals surface area contributed by atoms with Crippen molar-refractivity contribution < 1.29 is 14.7 Å². The molecule has 5 nitrogen and oxygen atoms in total. The molecular weight excluding hydrogens is 220 g/mol. The molecule has 4 N–H and O–H groups in total. The van der Waals surface area contributed by atoms with Crippen LogP contribution in [0.5, 0.6) is 0 Å². The Morgan fingerprint density at radius 2 is 2.00 bits per heavy atom. The highest BCUT2D eigenvalue weighted by molar-refractivity contribution is 5.86. The number of carbonyl (C=O) groups is 2. The predicted octanol–water partition coefficient (Wildman–Crippen LogP) is 0.649. The minimum atomic E-state index is -0.858. The summed E-state index contributed by atoms with van der Waals surface area (Å²) in [4.78, 5) is 22.7. The Bertz CT molecular complexity index is 335. The molecule has 0 spiro atoms. The first-order valence-electron chi connectivity index (χ1n) is 5.94. The molecule has 0 aliphatic heterocycles. The van der Waals surface area contributed by atoms with Crippen LogP contribution >= 0.6 is 0 Å². The standard InChI is InChI=1S/C12H20N2O3/c1-3-12(13,4-2)11(17)14-9-6-5-8(7-9)10(15)16/h5-6,8-9H,3-4,7,13H2,1-2H3,(H,14,17)(H,15,16). The Balaban J connectivity index is 2.55. The maximum absolute atomic E-state index is 11.9. The summed E-state index contributed by atoms with van der Waals surface area (Å²) in [6, 6.07) is -0.218. The topological polar surface area (TPSA) is 92.4 Å². The highest BCUT2D eigenvalue weighted by Crippen LogP contribution is 2.19. The van der Waals surface area contributed by atoms with Crippen molar-refractivity contribution in [1.29, 1.82) is 0 Å². The lowest BCUT2D eigenvalue weighted by atomic mass is 9.92. The first-order valence-corrected chi connectivity index (χ1v) is 5.94. The third-order valence-corrected chi connectivity index (χ3v) is 3.43. The van der Waals surface area contributed by atoms with E-state index in [0.29, 0.717) is 19.3 Å². The summed E-state index contributed by atoms with van der Waals surface area (Å²) < 4.78 is 0. The van der Waals surface area contributed by atoms with E-state index in [0.717, 1.165) is 0 Å². The van der Waals surface area contributed by atoms with Crippen LogP contribution in [-0.2, 0) is 9.59 Å². The van der Waals surface area contributed by atoms with Gasteiger partial charge in [0.15, 0.2) is 0 Å². The lowest BCUT2D eigenvalue weighted by Crippen LogP contribution is -2.55. The molecule has 0 bridgehead atoms. The molecule has 1 amide bonds. The summed E-state index contributed by atoms with van der Waals surface area (Å²) in [5.41, 5.74) is 5.11. The zero-order chi connectivity index (χ0) is 13.1. The van der Waals surface area contributed by atoms with Crippen molar-refractivity contribution in [1.82, 2.24) is 5.32 Å². The number of aliphatic carboxylic acids is 1. The fraction of sp³-hybridized carbons (Fsp3) is 0.667. The number of amides is 1. The van der Waals surface area contributed by atoms with Crippen molar-refractivity contribution >= 4 is 11.9 Å². The second-order valence-electron chi connectivity index (χ2n) is 4.51. The van der Waals surface area contributed by atoms with Gasteiger partial charge in [-0.1, -0.05) is 26.0 Å². The number of carboxylic acids is 1. The zero-order valence-electron chi connectivity index (χ0n) is 10.3. The molecule has 2 atom stereocenters. The van der Waals surface area contributed by atoms with Gasteiger partial charge >= 0.3 is 5.97 Å². The Hall–Kier alpha value is -1.36. The number of nitrogens with one attached hydrogen (secondary N) is 1. The second-order valence-corrected chi connectivity index (χ2v) is 4.51. The molecule has 0 radical (unpaired) electrons. The molecule has 0 saturated heterocycles. The molecule has 1 aliphatic carbocycles. The van der Waals surface area contributed by atoms with Gasteiger partial charge in [-0.2, -0.15) is 0 Å². The molecule has 96 valence electrons. The van der Waals surface area contributed by atoms with Crippen molar-refractivity contribution in [2.24, 2.45) is 11.7 Å². The molecule has 17 heavy (non-hydrogen) atoms. The van der Waals surface area contributed by atoms with Gasteiger partial charge in [0.05, 0.1) is 11.5 Å². The van der Waals surface area contributed by atoms with E-state index in [1.54, 1.807) is 12.2 Å². The maximum Gasteiger partial charge on any atom is 0.310 e. The van der Waals surface area contributed by atoms with E-state index in [2.05, 4.69) is 5.32 Å². The predicted molar refractivity (Wildman–Crippen MR) is 64.3 cm³/mol. The number of carbonyl (C=O) groups excluding carboxylic acids is 1. The zero-order valence-corrected chi connectivity index (χ0v) is 10.3. The number of hydrogen-bond acceptors (Lipinski definition) is 3. The van der Waals surface area contributed by atoms with Crippen molar-refractivity contribution in [2.45, 2.75) is 44.7 Å². The van der Waals surface area contributed by atoms with Crippen LogP contribution in [-0.4, -0.2) is 28.6 Å². The number of rotatable bonds is 5. The minimum Gasteiger partial charge on any atom is -0.481 e. The van der Waals surface area contributed by atoms with Gasteiger partial charge in [0, 0.05) is 6.04 Å². The lowest BCUT2D eigenvalue weighted by molar-refractivity contribution is -0.140. The fourth-order valence-corrected chi connectivity index (χ4v) is 1.87. The monoisotopic (exact) mass is 240 g/mol. The molecule has 2 unspecified atom stereocenters. The highest BCUT2D eigenvalue weighted by atomic mass is 16.4. The molecule has 5 heteroatoms. The van der Waals surface area contributed by atoms with Crippen molar-refractivity contribution in [3.05, 3.63) is 12.2 Å². The Labute approximate surface area is 101 Å². The summed E-state index contributed by atoms with van der Waals surface area (Å²) in [5.74, 6) is -1.57. The van der Waals surface area contributed by atoms with Gasteiger partial charge in [-0.25, -0.2) is 0 Å². The first-order chi connectivity index (χ1) is 7.92. The first kappa shape index (κ1) is 13.7. The minimum absolute atomic E-state index is 0.205. The van der Waals surface area contributed by atoms with Crippen LogP contribution in [0.2, 0.25) is 0 Å². The molecule has 1 aliphatic rings. The van der Waals surface area contributed by atoms with Gasteiger partial charge in [0.2, 0.25) is 5.91 Å². The summed E-state index contributed by atoms with van der Waals surface area (Å²) in [7, 11) is 0. The van der Waals surface area contributed by atoms with Crippen LogP contribution in [0.15, 0.2) is 12.2 Å². The third-order valence-electron chi connectivity index (χ3n) is 3.43. The summed E-state index contributed by atoms with van der Waals surface area (Å²) in [5, 5.41) is 11.6. The van der Waals surface area contributed by atoms with Gasteiger partial charge in [0.1, 0.15) is 0 Å². The van der Waals surface area contributed by atoms with E-state index < -0.39 is 17.4 Å². The largest absolute Gasteiger partial charge is 0.481 e. The molecular formula is C12H20N2O3. The average Bonchev–Trinajstić information content (AvgIpc) is 2.76. The van der Waals surface area contributed by atoms with E-state index in [4.69, 9.17) is 10.8 Å². The van der Waals surface area contributed by atoms with Crippen LogP contribution in [0.4, 0.5) is 0 Å². The number of carboxylic acid groups (broad SMARTS) is 1. The second kappa shape index (κ2) is 5.31. The van der Waals surface area contributed by atoms with Crippen LogP contribution in [0.1, 0.15) is 33.1 Å². The lowest BCUT2D eigenvalue weighted by Gasteiger charge is -2.27. The fourth-order valence-electron chi connectivity index (χ4n) is 1.87. The van der Waals surface area contributed by atoms with Gasteiger partial charge in [-0.15, -0.1) is 0 Å². The molecule has 0 saturated carbocycles. The molecule has 0 aromatic carbocycles. The van der Waals surface area contributed by atoms with E-state index in [1.165, 1.54) is 0 Å². The smallest absolute Gasteiger partial charge is 0.310 e. The quantitative estimate of drug-likeness (QED) is 0.615. The van der Waals surface area contributed by atoms with Gasteiger partial charge in [-0.3, -0.25) is 9.59 Å². The SMILES string of the molecule is CCC(N)(CC)C(=O)NC1C=CC(C(=O)O)C1. The van der Waals surface area contributed by atoms with Crippen LogP contribution in [0, 0.1) is 5.92 Å². The average molecular weight is 240 g/mol. The third kappa shape index (κ3) is 3.06. The molecule has 0 heterocycles. The van der Waals surface area contributed by atoms with Crippen molar-refractivity contribution in [3.63, 3.8) is 0 Å². The van der Waals surface area contributed by atoms with E-state index in [1.807, 2.05) is 13.8 Å². The molecule has 0 aromatic rings. The van der Waals surface area contributed by atoms with Crippen LogP contribution < -0.4 is 11.1 Å². The summed E-state index contributed by atoms with van der Waals surface area (Å²) >= 11 is 0. The van der Waals surface area contributed by atoms with Gasteiger partial charge in [-0.05, 0) is 19.3 Å². The van der Waals surface area contributed by atoms with Crippen LogP contribution in [0.3, 0.4) is 0 Å². The Kier molecular flexibility index (Phi) is 4.28. The number of hydrogen-bond donors (Lipinski definition) is 3. The van der Waals surface area contributed by atoms with Crippen molar-refractivity contribution in [2.75, 3.05) is 0 Å². The summed E-state index contributed by atoms with van der Waals surface area (Å²) in [6.45, 7) is 3.74. The Morgan fingerprint density at radius 1 is 1.41 bits per heavy atom. The highest BCUT2D eigenvalue weighted by Gasteiger charge is 2.33. The van der Waals surface area contributed by atoms with Gasteiger partial charge < -0.3 is 16.2 Å². The van der Waals surface area contributed by atoms with Gasteiger partial charge in [0.25, 0.3) is 0 Å². The van der Waals surface area contributed by atoms with Crippen molar-refractivity contribution in [3.8, 4) is 0 Å². The normalized spacial score (nSPS) is 23.7. The Morgan fingerprint density at radius 3 is 2.41 bits per heavy atom. The maximum atomic E-state index is 11.9. The molecule has 0 fully saturated rings. The summed E-state index contributed by atoms with van der Waals surface area (Å²) in [6.07, 6.45) is 4.87. The molecule has 1 rings (SSSR count). The van der Waals surface area contributed by atoms with Crippen LogP contribution in [0.25, 0.3) is 0 Å². The van der Waals surface area contributed by atoms with E-state index >= 15 is 0 Å². The molecule has 0 aromatic heterocycles. The number of nitrogens with two attached hydrogens (primary N) is 1. The van der Waals surface area contributed by atoms with E-state index in [-0.39, 0.29) is 11.9 Å².